The van der Waals surface area contributed by atoms with E-state index in [1.54, 1.807) is 7.11 Å². The second kappa shape index (κ2) is 9.75. The smallest absolute Gasteiger partial charge is 0.118 e. The highest BCUT2D eigenvalue weighted by Crippen LogP contribution is 2.46. The number of hydrogen-bond acceptors (Lipinski definition) is 2. The average Bonchev–Trinajstić information content (AvgIpc) is 2.64. The van der Waals surface area contributed by atoms with Gasteiger partial charge in [0.2, 0.25) is 0 Å². The van der Waals surface area contributed by atoms with Crippen LogP contribution in [-0.2, 0) is 11.3 Å². The van der Waals surface area contributed by atoms with E-state index in [2.05, 4.69) is 57.3 Å². The van der Waals surface area contributed by atoms with E-state index >= 15 is 0 Å². The van der Waals surface area contributed by atoms with Crippen LogP contribution in [0.2, 0.25) is 0 Å². The van der Waals surface area contributed by atoms with Crippen molar-refractivity contribution in [2.75, 3.05) is 20.3 Å². The maximum absolute atomic E-state index is 6.15. The van der Waals surface area contributed by atoms with E-state index in [9.17, 15) is 0 Å². The lowest BCUT2D eigenvalue weighted by Crippen LogP contribution is -2.83. The molecule has 2 N–H and O–H groups in total. The number of methoxy groups -OCH3 is 1. The lowest BCUT2D eigenvalue weighted by Gasteiger charge is -2.46. The maximum Gasteiger partial charge on any atom is 0.118 e. The molecule has 2 rings (SSSR count). The van der Waals surface area contributed by atoms with Crippen LogP contribution in [0.3, 0.4) is 0 Å². The van der Waals surface area contributed by atoms with Crippen molar-refractivity contribution < 1.29 is 14.8 Å². The number of nitrogens with two attached hydrogens (primary N) is 1. The van der Waals surface area contributed by atoms with Crippen LogP contribution in [0.5, 0.6) is 5.75 Å². The Bertz CT molecular complexity index is 528. The molecule has 3 heteroatoms. The molecule has 0 aliphatic carbocycles. The molecular weight excluding hydrogens is 322 g/mol. The van der Waals surface area contributed by atoms with Crippen LogP contribution in [0.4, 0.5) is 0 Å². The van der Waals surface area contributed by atoms with Gasteiger partial charge in [0.15, 0.2) is 0 Å². The molecule has 0 saturated carbocycles. The van der Waals surface area contributed by atoms with Crippen molar-refractivity contribution in [2.45, 2.75) is 78.4 Å². The third-order valence-corrected chi connectivity index (χ3v) is 6.25. The zero-order valence-electron chi connectivity index (χ0n) is 17.6. The molecule has 0 unspecified atom stereocenters. The van der Waals surface area contributed by atoms with Crippen LogP contribution in [0.25, 0.3) is 0 Å². The van der Waals surface area contributed by atoms with Crippen LogP contribution >= 0.6 is 0 Å². The zero-order chi connectivity index (χ0) is 19.0. The van der Waals surface area contributed by atoms with Crippen LogP contribution in [-0.4, -0.2) is 25.9 Å². The summed E-state index contributed by atoms with van der Waals surface area (Å²) in [5.41, 5.74) is 1.90. The minimum absolute atomic E-state index is 0.0746. The molecule has 148 valence electrons. The first-order chi connectivity index (χ1) is 12.4. The predicted octanol–water partition coefficient (Wildman–Crippen LogP) is 4.55. The first-order valence-corrected chi connectivity index (χ1v) is 10.5. The topological polar surface area (TPSA) is 35.1 Å². The molecule has 3 nitrogen and oxygen atoms in total. The number of hydrogen-bond donors (Lipinski definition) is 1. The Morgan fingerprint density at radius 2 is 1.92 bits per heavy atom. The molecule has 1 heterocycles. The second-order valence-electron chi connectivity index (χ2n) is 8.89. The van der Waals surface area contributed by atoms with Crippen molar-refractivity contribution in [3.05, 3.63) is 29.8 Å². The summed E-state index contributed by atoms with van der Waals surface area (Å²) in [6, 6.07) is 8.45. The van der Waals surface area contributed by atoms with Gasteiger partial charge in [0, 0.05) is 18.6 Å². The third-order valence-electron chi connectivity index (χ3n) is 6.25. The summed E-state index contributed by atoms with van der Waals surface area (Å²) >= 11 is 0. The van der Waals surface area contributed by atoms with E-state index in [-0.39, 0.29) is 5.60 Å². The SMILES string of the molecule is CC[C@]1(C)C[C@](CC[NH2+]Cc2ccc(OC)cc2)(CCC(C)C)CCO1. The van der Waals surface area contributed by atoms with Gasteiger partial charge in [0.1, 0.15) is 12.3 Å². The molecular formula is C23H40NO2+. The van der Waals surface area contributed by atoms with Crippen LogP contribution in [0, 0.1) is 11.3 Å². The highest BCUT2D eigenvalue weighted by atomic mass is 16.5. The third kappa shape index (κ3) is 6.28. The van der Waals surface area contributed by atoms with E-state index in [0.717, 1.165) is 31.2 Å². The highest BCUT2D eigenvalue weighted by molar-refractivity contribution is 5.26. The fraction of sp³-hybridized carbons (Fsp3) is 0.739. The van der Waals surface area contributed by atoms with Gasteiger partial charge in [-0.15, -0.1) is 0 Å². The molecule has 0 bridgehead atoms. The minimum atomic E-state index is 0.0746. The molecule has 26 heavy (non-hydrogen) atoms. The molecule has 1 fully saturated rings. The van der Waals surface area contributed by atoms with Crippen molar-refractivity contribution in [3.8, 4) is 5.75 Å². The molecule has 0 spiro atoms. The number of benzene rings is 1. The van der Waals surface area contributed by atoms with Gasteiger partial charge in [-0.25, -0.2) is 0 Å². The molecule has 1 aromatic rings. The molecule has 0 amide bonds. The Balaban J connectivity index is 1.89. The number of rotatable bonds is 10. The van der Waals surface area contributed by atoms with E-state index < -0.39 is 0 Å². The normalized spacial score (nSPS) is 26.2. The molecule has 1 aromatic carbocycles. The highest BCUT2D eigenvalue weighted by Gasteiger charge is 2.42. The van der Waals surface area contributed by atoms with Gasteiger partial charge in [-0.2, -0.15) is 0 Å². The van der Waals surface area contributed by atoms with Gasteiger partial charge in [0.25, 0.3) is 0 Å². The van der Waals surface area contributed by atoms with Crippen molar-refractivity contribution >= 4 is 0 Å². The monoisotopic (exact) mass is 362 g/mol. The Morgan fingerprint density at radius 1 is 1.19 bits per heavy atom. The zero-order valence-corrected chi connectivity index (χ0v) is 17.6. The fourth-order valence-electron chi connectivity index (χ4n) is 4.26. The molecule has 2 atom stereocenters. The largest absolute Gasteiger partial charge is 0.497 e. The predicted molar refractivity (Wildman–Crippen MR) is 108 cm³/mol. The van der Waals surface area contributed by atoms with Gasteiger partial charge in [-0.3, -0.25) is 0 Å². The summed E-state index contributed by atoms with van der Waals surface area (Å²) in [5.74, 6) is 1.72. The van der Waals surface area contributed by atoms with Crippen molar-refractivity contribution in [1.29, 1.82) is 0 Å². The second-order valence-corrected chi connectivity index (χ2v) is 8.89. The van der Waals surface area contributed by atoms with Crippen molar-refractivity contribution in [1.82, 2.24) is 0 Å². The van der Waals surface area contributed by atoms with E-state index in [1.807, 2.05) is 0 Å². The molecule has 1 aliphatic heterocycles. The number of quaternary nitrogens is 1. The molecule has 0 aromatic heterocycles. The molecule has 0 radical (unpaired) electrons. The van der Waals surface area contributed by atoms with Crippen LogP contribution < -0.4 is 10.1 Å². The summed E-state index contributed by atoms with van der Waals surface area (Å²) in [6.45, 7) is 12.5. The van der Waals surface area contributed by atoms with Gasteiger partial charge < -0.3 is 14.8 Å². The van der Waals surface area contributed by atoms with E-state index in [0.29, 0.717) is 5.41 Å². The van der Waals surface area contributed by atoms with Crippen LogP contribution in [0.15, 0.2) is 24.3 Å². The minimum Gasteiger partial charge on any atom is -0.497 e. The first-order valence-electron chi connectivity index (χ1n) is 10.5. The van der Waals surface area contributed by atoms with E-state index in [1.165, 1.54) is 44.2 Å². The Kier molecular flexibility index (Phi) is 7.97. The fourth-order valence-corrected chi connectivity index (χ4v) is 4.26. The molecule has 1 aliphatic rings. The van der Waals surface area contributed by atoms with Crippen LogP contribution in [0.1, 0.15) is 71.8 Å². The van der Waals surface area contributed by atoms with Gasteiger partial charge in [-0.1, -0.05) is 27.2 Å². The first kappa shape index (κ1) is 21.2. The van der Waals surface area contributed by atoms with E-state index in [4.69, 9.17) is 9.47 Å². The standard InChI is InChI=1S/C23H39NO2/c1-6-22(4)18-23(14-16-26-22,12-11-19(2)3)13-15-24-17-20-7-9-21(25-5)10-8-20/h7-10,19,24H,6,11-18H2,1-5H3/p+1/t22-,23+/m1/s1. The summed E-state index contributed by atoms with van der Waals surface area (Å²) in [5, 5.41) is 2.47. The lowest BCUT2D eigenvalue weighted by molar-refractivity contribution is -0.672. The summed E-state index contributed by atoms with van der Waals surface area (Å²) in [7, 11) is 1.72. The molecule has 1 saturated heterocycles. The Labute approximate surface area is 160 Å². The summed E-state index contributed by atoms with van der Waals surface area (Å²) in [6.07, 6.45) is 7.55. The van der Waals surface area contributed by atoms with Crippen molar-refractivity contribution in [2.24, 2.45) is 11.3 Å². The van der Waals surface area contributed by atoms with Gasteiger partial charge in [-0.05, 0) is 68.2 Å². The number of ether oxygens (including phenoxy) is 2. The summed E-state index contributed by atoms with van der Waals surface area (Å²) < 4.78 is 11.4. The van der Waals surface area contributed by atoms with Gasteiger partial charge >= 0.3 is 0 Å². The summed E-state index contributed by atoms with van der Waals surface area (Å²) in [4.78, 5) is 0. The maximum atomic E-state index is 6.15. The quantitative estimate of drug-likeness (QED) is 0.620. The van der Waals surface area contributed by atoms with Crippen molar-refractivity contribution in [3.63, 3.8) is 0 Å². The van der Waals surface area contributed by atoms with Gasteiger partial charge in [0.05, 0.1) is 19.3 Å². The Morgan fingerprint density at radius 3 is 2.54 bits per heavy atom. The average molecular weight is 363 g/mol. The lowest BCUT2D eigenvalue weighted by atomic mass is 9.67. The Hall–Kier alpha value is -1.06.